The molecule has 0 radical (unpaired) electrons. The van der Waals surface area contributed by atoms with E-state index in [2.05, 4.69) is 10.9 Å². The Kier molecular flexibility index (Phi) is 14.2. The normalized spacial score (nSPS) is 15.8. The number of aliphatic hydroxyl groups is 1. The molecule has 1 heterocycles. The molecule has 1 aliphatic rings. The number of hydrazine groups is 1. The fraction of sp³-hybridized carbons (Fsp3) is 0.208. The number of nitrogens with one attached hydrogen (secondary N) is 2. The van der Waals surface area contributed by atoms with Gasteiger partial charge in [0.1, 0.15) is 19.0 Å². The van der Waals surface area contributed by atoms with Crippen molar-refractivity contribution in [2.75, 3.05) is 19.8 Å². The van der Waals surface area contributed by atoms with Gasteiger partial charge < -0.3 is 24.1 Å². The van der Waals surface area contributed by atoms with Gasteiger partial charge in [-0.15, -0.1) is 0 Å². The Labute approximate surface area is 354 Å². The molecule has 0 saturated carbocycles. The summed E-state index contributed by atoms with van der Waals surface area (Å²) >= 11 is 13.2. The first-order valence-corrected chi connectivity index (χ1v) is 20.2. The number of halogens is 2. The second-order valence-corrected chi connectivity index (χ2v) is 14.9. The SMILES string of the molecule is O=C(NNCCc1ccc(OCc2ccccc2)c(OCc2ccccc2)c1)[C@@]1(Cc2ccccc2)N=C(c2ccc(OCCCO)cc2)O[C@H]1c1ccc(Cl)cc1Cl. The second kappa shape index (κ2) is 20.2. The van der Waals surface area contributed by atoms with E-state index in [1.54, 1.807) is 18.2 Å². The first kappa shape index (κ1) is 41.3. The summed E-state index contributed by atoms with van der Waals surface area (Å²) in [7, 11) is 0. The monoisotopic (exact) mass is 829 g/mol. The third-order valence-corrected chi connectivity index (χ3v) is 10.4. The lowest BCUT2D eigenvalue weighted by molar-refractivity contribution is -0.130. The molecule has 0 aromatic heterocycles. The molecule has 59 heavy (non-hydrogen) atoms. The molecule has 302 valence electrons. The molecule has 6 aromatic carbocycles. The van der Waals surface area contributed by atoms with Gasteiger partial charge in [-0.1, -0.05) is 126 Å². The van der Waals surface area contributed by atoms with Gasteiger partial charge in [-0.05, 0) is 77.2 Å². The number of rotatable bonds is 19. The van der Waals surface area contributed by atoms with E-state index in [-0.39, 0.29) is 18.9 Å². The van der Waals surface area contributed by atoms with Crippen LogP contribution in [0.3, 0.4) is 0 Å². The van der Waals surface area contributed by atoms with Crippen LogP contribution in [0.25, 0.3) is 0 Å². The number of amides is 1. The molecule has 9 nitrogen and oxygen atoms in total. The van der Waals surface area contributed by atoms with Gasteiger partial charge in [0.05, 0.1) is 6.61 Å². The molecular weight excluding hydrogens is 785 g/mol. The highest BCUT2D eigenvalue weighted by molar-refractivity contribution is 6.35. The maximum atomic E-state index is 14.7. The van der Waals surface area contributed by atoms with Crippen molar-refractivity contribution in [3.63, 3.8) is 0 Å². The Morgan fingerprint density at radius 3 is 2.00 bits per heavy atom. The first-order chi connectivity index (χ1) is 28.9. The van der Waals surface area contributed by atoms with Crippen molar-refractivity contribution in [3.8, 4) is 17.2 Å². The van der Waals surface area contributed by atoms with Crippen LogP contribution >= 0.6 is 23.2 Å². The molecule has 1 aliphatic heterocycles. The van der Waals surface area contributed by atoms with Gasteiger partial charge in [0, 0.05) is 47.2 Å². The van der Waals surface area contributed by atoms with Gasteiger partial charge in [0.25, 0.3) is 5.91 Å². The largest absolute Gasteiger partial charge is 0.494 e. The summed E-state index contributed by atoms with van der Waals surface area (Å²) in [6, 6.07) is 48.0. The molecule has 0 aliphatic carbocycles. The lowest BCUT2D eigenvalue weighted by atomic mass is 9.82. The maximum absolute atomic E-state index is 14.7. The molecule has 6 aromatic rings. The Bertz CT molecular complexity index is 2310. The minimum Gasteiger partial charge on any atom is -0.494 e. The van der Waals surface area contributed by atoms with Crippen molar-refractivity contribution >= 4 is 35.0 Å². The van der Waals surface area contributed by atoms with Crippen LogP contribution in [-0.4, -0.2) is 42.2 Å². The summed E-state index contributed by atoms with van der Waals surface area (Å²) in [6.07, 6.45) is 0.394. The van der Waals surface area contributed by atoms with E-state index < -0.39 is 17.6 Å². The van der Waals surface area contributed by atoms with Crippen LogP contribution in [0.1, 0.15) is 45.9 Å². The van der Waals surface area contributed by atoms with Crippen molar-refractivity contribution < 1.29 is 28.8 Å². The number of benzene rings is 6. The van der Waals surface area contributed by atoms with Gasteiger partial charge in [0.2, 0.25) is 5.90 Å². The van der Waals surface area contributed by atoms with Gasteiger partial charge in [0.15, 0.2) is 23.1 Å². The minimum atomic E-state index is -1.48. The Hall–Kier alpha value is -5.84. The van der Waals surface area contributed by atoms with E-state index in [0.717, 1.165) is 22.3 Å². The van der Waals surface area contributed by atoms with Crippen LogP contribution in [-0.2, 0) is 35.6 Å². The highest BCUT2D eigenvalue weighted by Gasteiger charge is 2.54. The number of aliphatic hydroxyl groups excluding tert-OH is 1. The topological polar surface area (TPSA) is 111 Å². The van der Waals surface area contributed by atoms with Crippen LogP contribution < -0.4 is 25.1 Å². The van der Waals surface area contributed by atoms with Crippen LogP contribution in [0.5, 0.6) is 17.2 Å². The zero-order chi connectivity index (χ0) is 40.9. The smallest absolute Gasteiger partial charge is 0.266 e. The summed E-state index contributed by atoms with van der Waals surface area (Å²) in [5, 5.41) is 9.96. The summed E-state index contributed by atoms with van der Waals surface area (Å²) in [4.78, 5) is 19.8. The van der Waals surface area contributed by atoms with E-state index in [4.69, 9.17) is 52.2 Å². The molecule has 0 bridgehead atoms. The average molecular weight is 831 g/mol. The molecule has 0 saturated heterocycles. The molecule has 2 atom stereocenters. The molecular formula is C48H45Cl2N3O6. The summed E-state index contributed by atoms with van der Waals surface area (Å²) in [5.74, 6) is 1.80. The van der Waals surface area contributed by atoms with Crippen molar-refractivity contribution in [2.24, 2.45) is 4.99 Å². The fourth-order valence-electron chi connectivity index (χ4n) is 6.75. The number of hydrogen-bond donors (Lipinski definition) is 3. The van der Waals surface area contributed by atoms with Crippen LogP contribution in [0.4, 0.5) is 0 Å². The van der Waals surface area contributed by atoms with E-state index in [1.807, 2.05) is 133 Å². The Morgan fingerprint density at radius 1 is 0.712 bits per heavy atom. The number of carbonyl (C=O) groups excluding carboxylic acids is 1. The minimum absolute atomic E-state index is 0.0426. The standard InChI is InChI=1S/C48H45Cl2N3O6/c49-39-20-23-41(42(50)30-39)45-48(31-35-11-4-1-5-12-35,52-46(59-45)38-18-21-40(22-19-38)56-28-10-27-54)47(55)53-51-26-25-34-17-24-43(57-32-36-13-6-2-7-14-36)44(29-34)58-33-37-15-8-3-9-16-37/h1-9,11-24,29-30,45,51,54H,10,25-28,31-33H2,(H,53,55)/t45-,48-/m0/s1. The zero-order valence-electron chi connectivity index (χ0n) is 32.4. The molecule has 1 amide bonds. The Balaban J connectivity index is 1.11. The molecule has 0 spiro atoms. The number of ether oxygens (including phenoxy) is 4. The summed E-state index contributed by atoms with van der Waals surface area (Å²) in [6.45, 7) is 1.62. The molecule has 0 unspecified atom stereocenters. The third kappa shape index (κ3) is 10.8. The van der Waals surface area contributed by atoms with Crippen molar-refractivity contribution in [2.45, 2.75) is 44.1 Å². The van der Waals surface area contributed by atoms with Crippen molar-refractivity contribution in [1.82, 2.24) is 10.9 Å². The highest BCUT2D eigenvalue weighted by Crippen LogP contribution is 2.45. The van der Waals surface area contributed by atoms with Crippen molar-refractivity contribution in [1.29, 1.82) is 0 Å². The van der Waals surface area contributed by atoms with Gasteiger partial charge in [-0.2, -0.15) is 0 Å². The fourth-order valence-corrected chi connectivity index (χ4v) is 7.26. The van der Waals surface area contributed by atoms with E-state index in [0.29, 0.717) is 77.6 Å². The summed E-state index contributed by atoms with van der Waals surface area (Å²) < 4.78 is 24.9. The lowest BCUT2D eigenvalue weighted by Gasteiger charge is -2.31. The van der Waals surface area contributed by atoms with Gasteiger partial charge in [-0.3, -0.25) is 10.2 Å². The molecule has 3 N–H and O–H groups in total. The Morgan fingerprint density at radius 2 is 1.36 bits per heavy atom. The lowest BCUT2D eigenvalue weighted by Crippen LogP contribution is -2.54. The number of nitrogens with zero attached hydrogens (tertiary/aromatic N) is 1. The van der Waals surface area contributed by atoms with Gasteiger partial charge >= 0.3 is 0 Å². The number of aliphatic imine (C=N–C) groups is 1. The second-order valence-electron chi connectivity index (χ2n) is 14.1. The summed E-state index contributed by atoms with van der Waals surface area (Å²) in [5.41, 5.74) is 9.84. The van der Waals surface area contributed by atoms with E-state index in [9.17, 15) is 4.79 Å². The zero-order valence-corrected chi connectivity index (χ0v) is 33.9. The predicted octanol–water partition coefficient (Wildman–Crippen LogP) is 9.28. The quantitative estimate of drug-likeness (QED) is 0.0552. The number of hydrogen-bond acceptors (Lipinski definition) is 8. The first-order valence-electron chi connectivity index (χ1n) is 19.5. The predicted molar refractivity (Wildman–Crippen MR) is 231 cm³/mol. The van der Waals surface area contributed by atoms with E-state index in [1.165, 1.54) is 0 Å². The molecule has 11 heteroatoms. The van der Waals surface area contributed by atoms with Crippen LogP contribution in [0, 0.1) is 0 Å². The van der Waals surface area contributed by atoms with Crippen LogP contribution in [0.2, 0.25) is 10.0 Å². The van der Waals surface area contributed by atoms with Gasteiger partial charge in [-0.25, -0.2) is 10.4 Å². The molecule has 7 rings (SSSR count). The average Bonchev–Trinajstić information content (AvgIpc) is 3.65. The maximum Gasteiger partial charge on any atom is 0.266 e. The number of carbonyl (C=O) groups is 1. The molecule has 0 fully saturated rings. The third-order valence-electron chi connectivity index (χ3n) is 9.81. The van der Waals surface area contributed by atoms with Crippen molar-refractivity contribution in [3.05, 3.63) is 195 Å². The van der Waals surface area contributed by atoms with E-state index >= 15 is 0 Å². The van der Waals surface area contributed by atoms with Crippen LogP contribution in [0.15, 0.2) is 157 Å². The highest BCUT2D eigenvalue weighted by atomic mass is 35.5.